The van der Waals surface area contributed by atoms with E-state index in [0.29, 0.717) is 35.9 Å². The maximum Gasteiger partial charge on any atom is 0.155 e. The molecular formula is C32H43NO2. The molecule has 5 rings (SSSR count). The summed E-state index contributed by atoms with van der Waals surface area (Å²) in [6.45, 7) is 9.01. The molecular weight excluding hydrogens is 430 g/mol. The van der Waals surface area contributed by atoms with E-state index in [0.717, 1.165) is 38.5 Å². The van der Waals surface area contributed by atoms with Gasteiger partial charge >= 0.3 is 0 Å². The number of nitrogens with zero attached hydrogens (tertiary/aromatic N) is 1. The third-order valence-electron chi connectivity index (χ3n) is 10.5. The second kappa shape index (κ2) is 8.52. The molecule has 4 aliphatic carbocycles. The van der Waals surface area contributed by atoms with Gasteiger partial charge < -0.3 is 10.0 Å². The largest absolute Gasteiger partial charge is 0.378 e. The van der Waals surface area contributed by atoms with Crippen LogP contribution in [0.2, 0.25) is 0 Å². The van der Waals surface area contributed by atoms with Crippen molar-refractivity contribution in [1.82, 2.24) is 0 Å². The number of allylic oxidation sites excluding steroid dienone is 1. The average Bonchev–Trinajstić information content (AvgIpc) is 3.08. The van der Waals surface area contributed by atoms with Crippen molar-refractivity contribution in [3.63, 3.8) is 0 Å². The van der Waals surface area contributed by atoms with Crippen LogP contribution in [0.4, 0.5) is 5.69 Å². The van der Waals surface area contributed by atoms with E-state index in [9.17, 15) is 9.90 Å². The Balaban J connectivity index is 1.63. The third kappa shape index (κ3) is 3.79. The van der Waals surface area contributed by atoms with Gasteiger partial charge in [-0.2, -0.15) is 0 Å². The molecule has 0 spiro atoms. The van der Waals surface area contributed by atoms with Crippen molar-refractivity contribution in [3.05, 3.63) is 41.5 Å². The zero-order valence-electron chi connectivity index (χ0n) is 22.5. The van der Waals surface area contributed by atoms with Crippen molar-refractivity contribution < 1.29 is 9.90 Å². The van der Waals surface area contributed by atoms with Gasteiger partial charge in [0.2, 0.25) is 0 Å². The standard InChI is InChI=1S/C32H43NO2/c1-21(2)13-17-32(35)18-15-28-26-12-9-23-19-25(34)14-16-30(23,3)29(26)27(20-31(28,32)4)22-7-10-24(11-8-22)33(5)6/h7-8,10-11,19,21,26-29,35H,9,12,14-16,18,20H2,1-6H3/t26-,27+,28-,29+,30-,31-,32-/m0/s1. The Kier molecular flexibility index (Phi) is 5.99. The smallest absolute Gasteiger partial charge is 0.155 e. The Hall–Kier alpha value is -2.05. The highest BCUT2D eigenvalue weighted by Crippen LogP contribution is 2.70. The summed E-state index contributed by atoms with van der Waals surface area (Å²) in [6.07, 6.45) is 8.58. The van der Waals surface area contributed by atoms with Gasteiger partial charge in [-0.3, -0.25) is 4.79 Å². The van der Waals surface area contributed by atoms with E-state index in [1.807, 2.05) is 6.08 Å². The molecule has 3 fully saturated rings. The van der Waals surface area contributed by atoms with E-state index in [2.05, 4.69) is 82.8 Å². The lowest BCUT2D eigenvalue weighted by molar-refractivity contribution is -0.122. The number of hydrogen-bond acceptors (Lipinski definition) is 3. The van der Waals surface area contributed by atoms with Crippen LogP contribution in [-0.2, 0) is 4.79 Å². The minimum atomic E-state index is -0.922. The van der Waals surface area contributed by atoms with Gasteiger partial charge in [0.25, 0.3) is 0 Å². The first-order valence-corrected chi connectivity index (χ1v) is 13.7. The Labute approximate surface area is 212 Å². The molecule has 0 bridgehead atoms. The molecule has 0 heterocycles. The minimum absolute atomic E-state index is 0.0629. The van der Waals surface area contributed by atoms with Crippen molar-refractivity contribution >= 4 is 11.5 Å². The summed E-state index contributed by atoms with van der Waals surface area (Å²) in [7, 11) is 4.17. The van der Waals surface area contributed by atoms with E-state index in [-0.39, 0.29) is 16.7 Å². The molecule has 35 heavy (non-hydrogen) atoms. The van der Waals surface area contributed by atoms with Crippen LogP contribution in [-0.4, -0.2) is 30.6 Å². The van der Waals surface area contributed by atoms with Gasteiger partial charge in [0.05, 0.1) is 0 Å². The molecule has 0 aromatic heterocycles. The van der Waals surface area contributed by atoms with E-state index in [1.54, 1.807) is 0 Å². The molecule has 0 saturated heterocycles. The summed E-state index contributed by atoms with van der Waals surface area (Å²) < 4.78 is 0. The molecule has 7 atom stereocenters. The Morgan fingerprint density at radius 2 is 1.77 bits per heavy atom. The molecule has 0 aliphatic heterocycles. The molecule has 0 unspecified atom stereocenters. The fourth-order valence-electron chi connectivity index (χ4n) is 8.56. The van der Waals surface area contributed by atoms with Gasteiger partial charge in [-0.15, -0.1) is 0 Å². The highest BCUT2D eigenvalue weighted by Gasteiger charge is 2.66. The lowest BCUT2D eigenvalue weighted by Crippen LogP contribution is -2.57. The van der Waals surface area contributed by atoms with Crippen LogP contribution in [0.5, 0.6) is 0 Å². The van der Waals surface area contributed by atoms with E-state index < -0.39 is 5.60 Å². The second-order valence-corrected chi connectivity index (χ2v) is 12.9. The first-order valence-electron chi connectivity index (χ1n) is 13.7. The SMILES string of the molecule is CC(C)C#C[C@]1(O)CC[C@H]2[C@@H]3CCC4=CC(=O)CC[C@]4(C)[C@H]3[C@@H](c3ccc(N(C)C)cc3)C[C@@]21C. The number of anilines is 1. The number of ketones is 1. The molecule has 0 radical (unpaired) electrons. The summed E-state index contributed by atoms with van der Waals surface area (Å²) >= 11 is 0. The summed E-state index contributed by atoms with van der Waals surface area (Å²) in [5, 5.41) is 12.1. The second-order valence-electron chi connectivity index (χ2n) is 12.9. The van der Waals surface area contributed by atoms with E-state index in [1.165, 1.54) is 16.8 Å². The minimum Gasteiger partial charge on any atom is -0.378 e. The lowest BCUT2D eigenvalue weighted by Gasteiger charge is -2.61. The van der Waals surface area contributed by atoms with Crippen LogP contribution in [0.15, 0.2) is 35.9 Å². The Bertz CT molecular complexity index is 1090. The summed E-state index contributed by atoms with van der Waals surface area (Å²) in [4.78, 5) is 14.5. The van der Waals surface area contributed by atoms with Gasteiger partial charge in [0.15, 0.2) is 5.78 Å². The van der Waals surface area contributed by atoms with Gasteiger partial charge in [0, 0.05) is 37.5 Å². The maximum atomic E-state index is 12.4. The van der Waals surface area contributed by atoms with Crippen LogP contribution in [0.25, 0.3) is 0 Å². The number of carbonyl (C=O) groups is 1. The van der Waals surface area contributed by atoms with Gasteiger partial charge in [0.1, 0.15) is 5.60 Å². The molecule has 0 amide bonds. The highest BCUT2D eigenvalue weighted by molar-refractivity contribution is 5.91. The molecule has 1 N–H and O–H groups in total. The number of hydrogen-bond donors (Lipinski definition) is 1. The topological polar surface area (TPSA) is 40.5 Å². The predicted octanol–water partition coefficient (Wildman–Crippen LogP) is 6.37. The van der Waals surface area contributed by atoms with E-state index >= 15 is 0 Å². The van der Waals surface area contributed by atoms with Gasteiger partial charge in [-0.1, -0.05) is 57.2 Å². The molecule has 1 aromatic carbocycles. The Morgan fingerprint density at radius 1 is 1.06 bits per heavy atom. The monoisotopic (exact) mass is 473 g/mol. The molecule has 3 nitrogen and oxygen atoms in total. The number of benzene rings is 1. The van der Waals surface area contributed by atoms with Crippen LogP contribution in [0.1, 0.15) is 84.1 Å². The molecule has 3 heteroatoms. The fraction of sp³-hybridized carbons (Fsp3) is 0.656. The van der Waals surface area contributed by atoms with Gasteiger partial charge in [-0.25, -0.2) is 0 Å². The van der Waals surface area contributed by atoms with Gasteiger partial charge in [-0.05, 0) is 91.4 Å². The third-order valence-corrected chi connectivity index (χ3v) is 10.5. The maximum absolute atomic E-state index is 12.4. The van der Waals surface area contributed by atoms with Crippen molar-refractivity contribution in [2.24, 2.45) is 34.5 Å². The Morgan fingerprint density at radius 3 is 2.43 bits per heavy atom. The van der Waals surface area contributed by atoms with Crippen LogP contribution >= 0.6 is 0 Å². The highest BCUT2D eigenvalue weighted by atomic mass is 16.3. The quantitative estimate of drug-likeness (QED) is 0.508. The van der Waals surface area contributed by atoms with Crippen LogP contribution in [0.3, 0.4) is 0 Å². The first-order chi connectivity index (χ1) is 16.5. The van der Waals surface area contributed by atoms with Crippen molar-refractivity contribution in [2.45, 2.75) is 84.2 Å². The summed E-state index contributed by atoms with van der Waals surface area (Å²) in [6, 6.07) is 9.13. The van der Waals surface area contributed by atoms with Crippen LogP contribution in [0, 0.1) is 46.3 Å². The normalized spacial score (nSPS) is 40.2. The zero-order valence-corrected chi connectivity index (χ0v) is 22.5. The number of carbonyl (C=O) groups excluding carboxylic acids is 1. The first kappa shape index (κ1) is 24.6. The summed E-state index contributed by atoms with van der Waals surface area (Å²) in [5.41, 5.74) is 2.91. The number of fused-ring (bicyclic) bond motifs is 5. The molecule has 1 aromatic rings. The van der Waals surface area contributed by atoms with Crippen LogP contribution < -0.4 is 4.90 Å². The molecule has 188 valence electrons. The van der Waals surface area contributed by atoms with Crippen molar-refractivity contribution in [1.29, 1.82) is 0 Å². The molecule has 3 saturated carbocycles. The predicted molar refractivity (Wildman–Crippen MR) is 143 cm³/mol. The number of rotatable bonds is 2. The van der Waals surface area contributed by atoms with Crippen molar-refractivity contribution in [2.75, 3.05) is 19.0 Å². The summed E-state index contributed by atoms with van der Waals surface area (Å²) in [5.74, 6) is 9.19. The van der Waals surface area contributed by atoms with E-state index in [4.69, 9.17) is 0 Å². The lowest BCUT2D eigenvalue weighted by atomic mass is 9.43. The zero-order chi connectivity index (χ0) is 25.2. The number of aliphatic hydroxyl groups is 1. The fourth-order valence-corrected chi connectivity index (χ4v) is 8.56. The average molecular weight is 474 g/mol. The molecule has 4 aliphatic rings. The van der Waals surface area contributed by atoms with Crippen molar-refractivity contribution in [3.8, 4) is 11.8 Å².